The Kier molecular flexibility index (Phi) is 5.03. The Balaban J connectivity index is 1.94. The molecule has 6 heteroatoms. The van der Waals surface area contributed by atoms with Gasteiger partial charge in [0.1, 0.15) is 11.6 Å². The van der Waals surface area contributed by atoms with E-state index in [0.717, 1.165) is 18.7 Å². The van der Waals surface area contributed by atoms with Crippen LogP contribution in [0.1, 0.15) is 16.8 Å². The zero-order valence-electron chi connectivity index (χ0n) is 11.2. The molecule has 0 aromatic heterocycles. The second-order valence-electron chi connectivity index (χ2n) is 4.84. The van der Waals surface area contributed by atoms with Crippen LogP contribution in [0.15, 0.2) is 18.2 Å². The lowest BCUT2D eigenvalue weighted by Gasteiger charge is -2.34. The molecule has 1 aromatic carbocycles. The van der Waals surface area contributed by atoms with Crippen LogP contribution in [0.5, 0.6) is 0 Å². The van der Waals surface area contributed by atoms with Gasteiger partial charge >= 0.3 is 0 Å². The van der Waals surface area contributed by atoms with Gasteiger partial charge in [-0.15, -0.1) is 0 Å². The number of halogens is 2. The van der Waals surface area contributed by atoms with E-state index in [1.807, 2.05) is 0 Å². The Bertz CT molecular complexity index is 474. The van der Waals surface area contributed by atoms with Gasteiger partial charge < -0.3 is 10.0 Å². The molecule has 0 unspecified atom stereocenters. The lowest BCUT2D eigenvalue weighted by molar-refractivity contribution is 0.0624. The minimum Gasteiger partial charge on any atom is -0.396 e. The standard InChI is InChI=1S/C14H18F2N2O2/c15-11-2-3-12(13(16)10-11)14(20)18-7-5-17(6-8-18)4-1-9-19/h2-3,10,19H,1,4-9H2. The number of aliphatic hydroxyl groups excluding tert-OH is 1. The van der Waals surface area contributed by atoms with Crippen molar-refractivity contribution in [3.05, 3.63) is 35.4 Å². The van der Waals surface area contributed by atoms with Crippen molar-refractivity contribution in [1.82, 2.24) is 9.80 Å². The van der Waals surface area contributed by atoms with Gasteiger partial charge in [-0.2, -0.15) is 0 Å². The van der Waals surface area contributed by atoms with Crippen molar-refractivity contribution < 1.29 is 18.7 Å². The van der Waals surface area contributed by atoms with Crippen LogP contribution in [0.2, 0.25) is 0 Å². The summed E-state index contributed by atoms with van der Waals surface area (Å²) in [5.74, 6) is -1.91. The van der Waals surface area contributed by atoms with Gasteiger partial charge in [0.2, 0.25) is 0 Å². The number of benzene rings is 1. The smallest absolute Gasteiger partial charge is 0.256 e. The molecule has 0 spiro atoms. The van der Waals surface area contributed by atoms with Gasteiger partial charge in [0.25, 0.3) is 5.91 Å². The number of rotatable bonds is 4. The number of carbonyl (C=O) groups is 1. The summed E-state index contributed by atoms with van der Waals surface area (Å²) in [7, 11) is 0. The highest BCUT2D eigenvalue weighted by Gasteiger charge is 2.23. The highest BCUT2D eigenvalue weighted by Crippen LogP contribution is 2.14. The normalized spacial score (nSPS) is 16.4. The highest BCUT2D eigenvalue weighted by atomic mass is 19.1. The lowest BCUT2D eigenvalue weighted by Crippen LogP contribution is -2.49. The molecule has 0 saturated carbocycles. The van der Waals surface area contributed by atoms with Crippen LogP contribution in [0.4, 0.5) is 8.78 Å². The van der Waals surface area contributed by atoms with Crippen molar-refractivity contribution in [2.45, 2.75) is 6.42 Å². The van der Waals surface area contributed by atoms with Gasteiger partial charge in [0.15, 0.2) is 0 Å². The van der Waals surface area contributed by atoms with Gasteiger partial charge in [-0.05, 0) is 18.6 Å². The van der Waals surface area contributed by atoms with Crippen molar-refractivity contribution in [2.75, 3.05) is 39.3 Å². The van der Waals surface area contributed by atoms with E-state index in [-0.39, 0.29) is 12.2 Å². The topological polar surface area (TPSA) is 43.8 Å². The third-order valence-electron chi connectivity index (χ3n) is 3.45. The summed E-state index contributed by atoms with van der Waals surface area (Å²) in [5.41, 5.74) is -0.0878. The molecule has 20 heavy (non-hydrogen) atoms. The van der Waals surface area contributed by atoms with Gasteiger partial charge in [0.05, 0.1) is 5.56 Å². The zero-order valence-corrected chi connectivity index (χ0v) is 11.2. The molecule has 1 N–H and O–H groups in total. The molecule has 1 aliphatic rings. The molecule has 0 radical (unpaired) electrons. The van der Waals surface area contributed by atoms with E-state index in [2.05, 4.69) is 4.90 Å². The maximum atomic E-state index is 13.6. The largest absolute Gasteiger partial charge is 0.396 e. The molecular weight excluding hydrogens is 266 g/mol. The predicted molar refractivity (Wildman–Crippen MR) is 70.4 cm³/mol. The minimum absolute atomic E-state index is 0.0878. The summed E-state index contributed by atoms with van der Waals surface area (Å²) < 4.78 is 26.4. The van der Waals surface area contributed by atoms with E-state index in [1.54, 1.807) is 4.90 Å². The van der Waals surface area contributed by atoms with Crippen molar-refractivity contribution >= 4 is 5.91 Å². The first-order valence-corrected chi connectivity index (χ1v) is 6.69. The number of carbonyl (C=O) groups excluding carboxylic acids is 1. The lowest BCUT2D eigenvalue weighted by atomic mass is 10.1. The molecule has 1 fully saturated rings. The Morgan fingerprint density at radius 1 is 1.20 bits per heavy atom. The van der Waals surface area contributed by atoms with Crippen LogP contribution in [0.25, 0.3) is 0 Å². The number of nitrogens with zero attached hydrogens (tertiary/aromatic N) is 2. The second kappa shape index (κ2) is 6.76. The summed E-state index contributed by atoms with van der Waals surface area (Å²) in [6, 6.07) is 3.00. The SMILES string of the molecule is O=C(c1ccc(F)cc1F)N1CCN(CCCO)CC1. The maximum absolute atomic E-state index is 13.6. The summed E-state index contributed by atoms with van der Waals surface area (Å²) in [4.78, 5) is 15.9. The van der Waals surface area contributed by atoms with Crippen LogP contribution in [-0.4, -0.2) is 60.1 Å². The van der Waals surface area contributed by atoms with E-state index in [0.29, 0.717) is 32.6 Å². The van der Waals surface area contributed by atoms with Crippen LogP contribution < -0.4 is 0 Å². The number of aliphatic hydroxyl groups is 1. The molecule has 2 rings (SSSR count). The molecule has 110 valence electrons. The molecule has 1 amide bonds. The van der Waals surface area contributed by atoms with Crippen LogP contribution in [0.3, 0.4) is 0 Å². The minimum atomic E-state index is -0.822. The monoisotopic (exact) mass is 284 g/mol. The molecule has 0 aliphatic carbocycles. The Labute approximate surface area is 116 Å². The molecule has 4 nitrogen and oxygen atoms in total. The Hall–Kier alpha value is -1.53. The molecular formula is C14H18F2N2O2. The van der Waals surface area contributed by atoms with E-state index >= 15 is 0 Å². The first-order chi connectivity index (χ1) is 9.61. The number of hydrogen-bond donors (Lipinski definition) is 1. The zero-order chi connectivity index (χ0) is 14.5. The van der Waals surface area contributed by atoms with Crippen molar-refractivity contribution in [3.8, 4) is 0 Å². The van der Waals surface area contributed by atoms with Crippen LogP contribution >= 0.6 is 0 Å². The second-order valence-corrected chi connectivity index (χ2v) is 4.84. The maximum Gasteiger partial charge on any atom is 0.256 e. The summed E-state index contributed by atoms with van der Waals surface area (Å²) in [6.45, 7) is 3.38. The Morgan fingerprint density at radius 2 is 1.90 bits per heavy atom. The van der Waals surface area contributed by atoms with Crippen molar-refractivity contribution in [1.29, 1.82) is 0 Å². The molecule has 0 atom stereocenters. The van der Waals surface area contributed by atoms with E-state index < -0.39 is 17.5 Å². The van der Waals surface area contributed by atoms with E-state index in [9.17, 15) is 13.6 Å². The third kappa shape index (κ3) is 3.52. The van der Waals surface area contributed by atoms with Crippen LogP contribution in [-0.2, 0) is 0 Å². The van der Waals surface area contributed by atoms with Gasteiger partial charge in [-0.3, -0.25) is 9.69 Å². The Morgan fingerprint density at radius 3 is 2.50 bits per heavy atom. The quantitative estimate of drug-likeness (QED) is 0.900. The van der Waals surface area contributed by atoms with Gasteiger partial charge in [-0.25, -0.2) is 8.78 Å². The fourth-order valence-corrected chi connectivity index (χ4v) is 2.30. The van der Waals surface area contributed by atoms with Crippen molar-refractivity contribution in [2.24, 2.45) is 0 Å². The molecule has 1 aliphatic heterocycles. The highest BCUT2D eigenvalue weighted by molar-refractivity contribution is 5.94. The summed E-state index contributed by atoms with van der Waals surface area (Å²) >= 11 is 0. The average molecular weight is 284 g/mol. The average Bonchev–Trinajstić information content (AvgIpc) is 2.45. The summed E-state index contributed by atoms with van der Waals surface area (Å²) in [6.07, 6.45) is 0.709. The molecule has 0 bridgehead atoms. The predicted octanol–water partition coefficient (Wildman–Crippen LogP) is 1.11. The molecule has 1 aromatic rings. The van der Waals surface area contributed by atoms with Crippen LogP contribution in [0, 0.1) is 11.6 Å². The fourth-order valence-electron chi connectivity index (χ4n) is 2.30. The number of hydrogen-bond acceptors (Lipinski definition) is 3. The third-order valence-corrected chi connectivity index (χ3v) is 3.45. The number of piperazine rings is 1. The van der Waals surface area contributed by atoms with E-state index in [4.69, 9.17) is 5.11 Å². The van der Waals surface area contributed by atoms with Gasteiger partial charge in [0, 0.05) is 45.4 Å². The first-order valence-electron chi connectivity index (χ1n) is 6.69. The number of amides is 1. The summed E-state index contributed by atoms with van der Waals surface area (Å²) in [5, 5.41) is 8.78. The molecule has 1 saturated heterocycles. The fraction of sp³-hybridized carbons (Fsp3) is 0.500. The molecule has 1 heterocycles. The van der Waals surface area contributed by atoms with E-state index in [1.165, 1.54) is 6.07 Å². The van der Waals surface area contributed by atoms with Gasteiger partial charge in [-0.1, -0.05) is 0 Å². The van der Waals surface area contributed by atoms with Crippen molar-refractivity contribution in [3.63, 3.8) is 0 Å². The first kappa shape index (κ1) is 14.9.